The third-order valence-electron chi connectivity index (χ3n) is 3.31. The predicted octanol–water partition coefficient (Wildman–Crippen LogP) is 2.53. The van der Waals surface area contributed by atoms with Gasteiger partial charge in [-0.3, -0.25) is 9.59 Å². The molecule has 0 aliphatic heterocycles. The highest BCUT2D eigenvalue weighted by molar-refractivity contribution is 5.77. The van der Waals surface area contributed by atoms with Crippen LogP contribution in [0.3, 0.4) is 0 Å². The number of carbonyl (C=O) groups excluding carboxylic acids is 2. The van der Waals surface area contributed by atoms with Gasteiger partial charge in [-0.2, -0.15) is 0 Å². The number of aryl methyl sites for hydroxylation is 2. The van der Waals surface area contributed by atoms with Crippen LogP contribution in [-0.2, 0) is 14.3 Å². The molecule has 0 radical (unpaired) electrons. The third kappa shape index (κ3) is 7.11. The average molecular weight is 307 g/mol. The van der Waals surface area contributed by atoms with Gasteiger partial charge in [0.25, 0.3) is 5.91 Å². The van der Waals surface area contributed by atoms with E-state index in [-0.39, 0.29) is 18.5 Å². The van der Waals surface area contributed by atoms with Crippen LogP contribution in [0.5, 0.6) is 5.75 Å². The number of hydrogen-bond acceptors (Lipinski definition) is 4. The lowest BCUT2D eigenvalue weighted by atomic mass is 10.1. The number of hydrogen-bond donors (Lipinski definition) is 1. The second kappa shape index (κ2) is 9.82. The molecule has 1 amide bonds. The summed E-state index contributed by atoms with van der Waals surface area (Å²) in [5.41, 5.74) is 2.12. The number of carbonyl (C=O) groups is 2. The van der Waals surface area contributed by atoms with Crippen LogP contribution < -0.4 is 10.1 Å². The number of amides is 1. The third-order valence-corrected chi connectivity index (χ3v) is 3.31. The Hall–Kier alpha value is -2.04. The van der Waals surface area contributed by atoms with Crippen LogP contribution >= 0.6 is 0 Å². The van der Waals surface area contributed by atoms with Gasteiger partial charge in [0, 0.05) is 13.0 Å². The molecule has 0 aromatic heterocycles. The standard InChI is InChI=1S/C17H25NO4/c1-13-8-9-14(2)15(11-13)22-12-16(19)18-10-6-4-5-7-17(20)21-3/h8-9,11H,4-7,10,12H2,1-3H3,(H,18,19). The number of methoxy groups -OCH3 is 1. The molecular weight excluding hydrogens is 282 g/mol. The molecule has 1 rings (SSSR count). The minimum absolute atomic E-state index is 0.0203. The highest BCUT2D eigenvalue weighted by Crippen LogP contribution is 2.18. The maximum absolute atomic E-state index is 11.7. The summed E-state index contributed by atoms with van der Waals surface area (Å²) in [4.78, 5) is 22.6. The van der Waals surface area contributed by atoms with Gasteiger partial charge in [-0.05, 0) is 43.9 Å². The summed E-state index contributed by atoms with van der Waals surface area (Å²) in [6.07, 6.45) is 2.93. The van der Waals surface area contributed by atoms with E-state index in [1.54, 1.807) is 0 Å². The predicted molar refractivity (Wildman–Crippen MR) is 84.9 cm³/mol. The lowest BCUT2D eigenvalue weighted by molar-refractivity contribution is -0.140. The Morgan fingerprint density at radius 1 is 1.14 bits per heavy atom. The second-order valence-electron chi connectivity index (χ2n) is 5.29. The van der Waals surface area contributed by atoms with Crippen molar-refractivity contribution in [2.75, 3.05) is 20.3 Å². The Labute approximate surface area is 132 Å². The molecule has 0 spiro atoms. The van der Waals surface area contributed by atoms with Crippen LogP contribution in [0.25, 0.3) is 0 Å². The Morgan fingerprint density at radius 3 is 2.64 bits per heavy atom. The van der Waals surface area contributed by atoms with Gasteiger partial charge in [0.2, 0.25) is 0 Å². The summed E-state index contributed by atoms with van der Waals surface area (Å²) in [5, 5.41) is 2.81. The Bertz CT molecular complexity index is 499. The molecule has 0 bridgehead atoms. The summed E-state index contributed by atoms with van der Waals surface area (Å²) in [7, 11) is 1.39. The number of nitrogens with one attached hydrogen (secondary N) is 1. The van der Waals surface area contributed by atoms with Gasteiger partial charge in [0.05, 0.1) is 7.11 Å². The minimum atomic E-state index is -0.189. The van der Waals surface area contributed by atoms with Gasteiger partial charge in [-0.15, -0.1) is 0 Å². The minimum Gasteiger partial charge on any atom is -0.483 e. The highest BCUT2D eigenvalue weighted by atomic mass is 16.5. The molecule has 0 aliphatic carbocycles. The van der Waals surface area contributed by atoms with Gasteiger partial charge in [0.1, 0.15) is 5.75 Å². The van der Waals surface area contributed by atoms with E-state index in [2.05, 4.69) is 10.1 Å². The molecule has 0 atom stereocenters. The van der Waals surface area contributed by atoms with Crippen molar-refractivity contribution in [1.29, 1.82) is 0 Å². The van der Waals surface area contributed by atoms with E-state index in [1.165, 1.54) is 7.11 Å². The van der Waals surface area contributed by atoms with Crippen molar-refractivity contribution >= 4 is 11.9 Å². The summed E-state index contributed by atoms with van der Waals surface area (Å²) in [5.74, 6) is 0.424. The zero-order valence-corrected chi connectivity index (χ0v) is 13.6. The van der Waals surface area contributed by atoms with Crippen molar-refractivity contribution in [3.63, 3.8) is 0 Å². The summed E-state index contributed by atoms with van der Waals surface area (Å²) < 4.78 is 10.1. The number of unbranched alkanes of at least 4 members (excludes halogenated alkanes) is 2. The van der Waals surface area contributed by atoms with Crippen molar-refractivity contribution in [3.05, 3.63) is 29.3 Å². The number of ether oxygens (including phenoxy) is 2. The molecule has 1 aromatic carbocycles. The molecule has 0 saturated heterocycles. The van der Waals surface area contributed by atoms with Gasteiger partial charge >= 0.3 is 5.97 Å². The fourth-order valence-electron chi connectivity index (χ4n) is 1.96. The maximum Gasteiger partial charge on any atom is 0.305 e. The number of rotatable bonds is 9. The van der Waals surface area contributed by atoms with Crippen molar-refractivity contribution < 1.29 is 19.1 Å². The summed E-state index contributed by atoms with van der Waals surface area (Å²) in [6, 6.07) is 5.91. The van der Waals surface area contributed by atoms with E-state index in [4.69, 9.17) is 4.74 Å². The fraction of sp³-hybridized carbons (Fsp3) is 0.529. The molecule has 5 heteroatoms. The lowest BCUT2D eigenvalue weighted by Gasteiger charge is -2.10. The smallest absolute Gasteiger partial charge is 0.305 e. The zero-order chi connectivity index (χ0) is 16.4. The SMILES string of the molecule is COC(=O)CCCCCNC(=O)COc1cc(C)ccc1C. The first-order valence-corrected chi connectivity index (χ1v) is 7.56. The van der Waals surface area contributed by atoms with Crippen LogP contribution in [0.1, 0.15) is 36.8 Å². The first kappa shape index (κ1) is 18.0. The van der Waals surface area contributed by atoms with Crippen LogP contribution in [0.2, 0.25) is 0 Å². The molecule has 1 N–H and O–H groups in total. The molecule has 0 saturated carbocycles. The van der Waals surface area contributed by atoms with Gasteiger partial charge in [0.15, 0.2) is 6.61 Å². The topological polar surface area (TPSA) is 64.6 Å². The Balaban J connectivity index is 2.13. The van der Waals surface area contributed by atoms with Crippen molar-refractivity contribution in [3.8, 4) is 5.75 Å². The molecule has 5 nitrogen and oxygen atoms in total. The van der Waals surface area contributed by atoms with Crippen molar-refractivity contribution in [2.45, 2.75) is 39.5 Å². The molecule has 1 aromatic rings. The van der Waals surface area contributed by atoms with Crippen LogP contribution in [0.15, 0.2) is 18.2 Å². The average Bonchev–Trinajstić information content (AvgIpc) is 2.51. The number of esters is 1. The van der Waals surface area contributed by atoms with E-state index >= 15 is 0 Å². The second-order valence-corrected chi connectivity index (χ2v) is 5.29. The quantitative estimate of drug-likeness (QED) is 0.562. The van der Waals surface area contributed by atoms with E-state index in [1.807, 2.05) is 32.0 Å². The molecule has 0 unspecified atom stereocenters. The summed E-state index contributed by atoms with van der Waals surface area (Å²) >= 11 is 0. The molecule has 122 valence electrons. The highest BCUT2D eigenvalue weighted by Gasteiger charge is 2.05. The Morgan fingerprint density at radius 2 is 1.91 bits per heavy atom. The summed E-state index contributed by atoms with van der Waals surface area (Å²) in [6.45, 7) is 4.55. The lowest BCUT2D eigenvalue weighted by Crippen LogP contribution is -2.29. The van der Waals surface area contributed by atoms with E-state index in [9.17, 15) is 9.59 Å². The molecule has 0 aliphatic rings. The first-order chi connectivity index (χ1) is 10.5. The normalized spacial score (nSPS) is 10.1. The van der Waals surface area contributed by atoms with Gasteiger partial charge in [-0.1, -0.05) is 18.6 Å². The van der Waals surface area contributed by atoms with Crippen molar-refractivity contribution in [2.24, 2.45) is 0 Å². The largest absolute Gasteiger partial charge is 0.483 e. The van der Waals surface area contributed by atoms with Crippen LogP contribution in [0, 0.1) is 13.8 Å². The van der Waals surface area contributed by atoms with Gasteiger partial charge < -0.3 is 14.8 Å². The van der Waals surface area contributed by atoms with Gasteiger partial charge in [-0.25, -0.2) is 0 Å². The zero-order valence-electron chi connectivity index (χ0n) is 13.6. The molecule has 0 fully saturated rings. The molecular formula is C17H25NO4. The number of benzene rings is 1. The molecule has 22 heavy (non-hydrogen) atoms. The van der Waals surface area contributed by atoms with Crippen LogP contribution in [0.4, 0.5) is 0 Å². The van der Waals surface area contributed by atoms with E-state index in [0.29, 0.717) is 13.0 Å². The van der Waals surface area contributed by atoms with Crippen molar-refractivity contribution in [1.82, 2.24) is 5.32 Å². The first-order valence-electron chi connectivity index (χ1n) is 7.56. The van der Waals surface area contributed by atoms with E-state index < -0.39 is 0 Å². The monoisotopic (exact) mass is 307 g/mol. The fourth-order valence-corrected chi connectivity index (χ4v) is 1.96. The Kier molecular flexibility index (Phi) is 8.04. The molecule has 0 heterocycles. The maximum atomic E-state index is 11.7. The van der Waals surface area contributed by atoms with Crippen LogP contribution in [-0.4, -0.2) is 32.1 Å². The van der Waals surface area contributed by atoms with E-state index in [0.717, 1.165) is 36.1 Å².